The Hall–Kier alpha value is -3.29. The lowest BCUT2D eigenvalue weighted by atomic mass is 9.93. The molecule has 164 valence electrons. The molecule has 0 saturated carbocycles. The summed E-state index contributed by atoms with van der Waals surface area (Å²) in [4.78, 5) is 32.4. The molecule has 0 bridgehead atoms. The van der Waals surface area contributed by atoms with Crippen molar-refractivity contribution in [3.8, 4) is 11.6 Å². The maximum Gasteiger partial charge on any atom is 0.338 e. The van der Waals surface area contributed by atoms with Crippen LogP contribution in [0.4, 0.5) is 0 Å². The molecule has 1 atom stereocenters. The fourth-order valence-electron chi connectivity index (χ4n) is 4.74. The molecule has 0 fully saturated rings. The molecule has 2 aromatic heterocycles. The van der Waals surface area contributed by atoms with Gasteiger partial charge < -0.3 is 10.1 Å². The van der Waals surface area contributed by atoms with E-state index in [1.165, 1.54) is 7.05 Å². The molecular formula is C24H23ClN4O3. The Morgan fingerprint density at radius 3 is 2.56 bits per heavy atom. The fraction of sp³-hybridized carbons (Fsp3) is 0.250. The number of fused-ring (bicyclic) bond motifs is 3. The predicted molar refractivity (Wildman–Crippen MR) is 125 cm³/mol. The molecule has 2 N–H and O–H groups in total. The van der Waals surface area contributed by atoms with Gasteiger partial charge in [0.1, 0.15) is 5.56 Å². The number of para-hydroxylation sites is 1. The minimum atomic E-state index is -0.616. The van der Waals surface area contributed by atoms with E-state index in [1.807, 2.05) is 25.1 Å². The topological polar surface area (TPSA) is 83.3 Å². The zero-order chi connectivity index (χ0) is 22.6. The third-order valence-corrected chi connectivity index (χ3v) is 6.62. The van der Waals surface area contributed by atoms with Gasteiger partial charge in [-0.1, -0.05) is 36.7 Å². The van der Waals surface area contributed by atoms with Crippen LogP contribution in [-0.2, 0) is 13.5 Å². The van der Waals surface area contributed by atoms with Crippen molar-refractivity contribution in [1.82, 2.24) is 19.0 Å². The quantitative estimate of drug-likeness (QED) is 0.501. The van der Waals surface area contributed by atoms with Gasteiger partial charge in [-0.15, -0.1) is 0 Å². The molecule has 3 heterocycles. The van der Waals surface area contributed by atoms with E-state index in [1.54, 1.807) is 24.3 Å². The van der Waals surface area contributed by atoms with Crippen LogP contribution in [0.2, 0.25) is 5.02 Å². The van der Waals surface area contributed by atoms with Gasteiger partial charge in [0.25, 0.3) is 5.56 Å². The summed E-state index contributed by atoms with van der Waals surface area (Å²) in [7, 11) is 1.47. The van der Waals surface area contributed by atoms with Crippen LogP contribution in [0.15, 0.2) is 58.1 Å². The van der Waals surface area contributed by atoms with Crippen LogP contribution in [0.25, 0.3) is 16.6 Å². The van der Waals surface area contributed by atoms with E-state index in [0.29, 0.717) is 17.3 Å². The van der Waals surface area contributed by atoms with Gasteiger partial charge in [-0.3, -0.25) is 14.3 Å². The molecule has 0 spiro atoms. The Balaban J connectivity index is 1.82. The van der Waals surface area contributed by atoms with Crippen molar-refractivity contribution in [3.05, 3.63) is 91.2 Å². The summed E-state index contributed by atoms with van der Waals surface area (Å²) in [5.41, 5.74) is 2.43. The first-order valence-corrected chi connectivity index (χ1v) is 10.9. The normalized spacial score (nSPS) is 16.4. The van der Waals surface area contributed by atoms with Gasteiger partial charge in [0.2, 0.25) is 5.88 Å². The molecule has 0 amide bonds. The van der Waals surface area contributed by atoms with Crippen molar-refractivity contribution in [3.63, 3.8) is 0 Å². The predicted octanol–water partition coefficient (Wildman–Crippen LogP) is 3.34. The second kappa shape index (κ2) is 7.69. The number of halogens is 1. The highest BCUT2D eigenvalue weighted by atomic mass is 35.5. The largest absolute Gasteiger partial charge is 0.494 e. The van der Waals surface area contributed by atoms with E-state index >= 15 is 0 Å². The first kappa shape index (κ1) is 20.6. The van der Waals surface area contributed by atoms with E-state index in [-0.39, 0.29) is 11.4 Å². The summed E-state index contributed by atoms with van der Waals surface area (Å²) in [6, 6.07) is 14.0. The van der Waals surface area contributed by atoms with Crippen molar-refractivity contribution < 1.29 is 5.11 Å². The van der Waals surface area contributed by atoms with E-state index in [9.17, 15) is 14.7 Å². The zero-order valence-corrected chi connectivity index (χ0v) is 18.6. The first-order valence-electron chi connectivity index (χ1n) is 10.6. The summed E-state index contributed by atoms with van der Waals surface area (Å²) >= 11 is 6.00. The number of nitrogens with one attached hydrogen (secondary N) is 1. The minimum Gasteiger partial charge on any atom is -0.494 e. The van der Waals surface area contributed by atoms with Crippen molar-refractivity contribution in [1.29, 1.82) is 0 Å². The Kier molecular flexibility index (Phi) is 4.95. The number of aromatic amines is 1. The number of H-pyrrole nitrogens is 1. The summed E-state index contributed by atoms with van der Waals surface area (Å²) in [6.45, 7) is 3.44. The Morgan fingerprint density at radius 2 is 1.84 bits per heavy atom. The number of aromatic nitrogens is 3. The molecule has 1 aliphatic rings. The van der Waals surface area contributed by atoms with Gasteiger partial charge in [0.05, 0.1) is 11.7 Å². The molecule has 4 aromatic rings. The lowest BCUT2D eigenvalue weighted by Crippen LogP contribution is -2.44. The molecular weight excluding hydrogens is 428 g/mol. The van der Waals surface area contributed by atoms with Crippen LogP contribution >= 0.6 is 11.6 Å². The molecule has 0 radical (unpaired) electrons. The van der Waals surface area contributed by atoms with E-state index < -0.39 is 17.3 Å². The van der Waals surface area contributed by atoms with E-state index in [0.717, 1.165) is 44.3 Å². The average Bonchev–Trinajstić information content (AvgIpc) is 3.18. The van der Waals surface area contributed by atoms with Gasteiger partial charge >= 0.3 is 5.69 Å². The van der Waals surface area contributed by atoms with Crippen LogP contribution in [0.3, 0.4) is 0 Å². The smallest absolute Gasteiger partial charge is 0.338 e. The van der Waals surface area contributed by atoms with Crippen LogP contribution in [-0.4, -0.2) is 37.2 Å². The minimum absolute atomic E-state index is 0.177. The maximum atomic E-state index is 13.8. The SMILES string of the molecule is CCN1CCc2c([nH]c3ccccc23)C1c1c(O)n(C)c(=O)n(-c2ccc(Cl)cc2)c1=O. The van der Waals surface area contributed by atoms with Gasteiger partial charge in [-0.25, -0.2) is 9.36 Å². The van der Waals surface area contributed by atoms with Gasteiger partial charge in [0.15, 0.2) is 0 Å². The Morgan fingerprint density at radius 1 is 1.12 bits per heavy atom. The highest BCUT2D eigenvalue weighted by Crippen LogP contribution is 2.39. The number of benzene rings is 2. The van der Waals surface area contributed by atoms with Crippen molar-refractivity contribution >= 4 is 22.5 Å². The summed E-state index contributed by atoms with van der Waals surface area (Å²) < 4.78 is 2.21. The van der Waals surface area contributed by atoms with Crippen molar-refractivity contribution in [2.24, 2.45) is 7.05 Å². The van der Waals surface area contributed by atoms with Crippen LogP contribution in [0.5, 0.6) is 5.88 Å². The third-order valence-electron chi connectivity index (χ3n) is 6.37. The molecule has 32 heavy (non-hydrogen) atoms. The van der Waals surface area contributed by atoms with Crippen LogP contribution in [0.1, 0.15) is 29.8 Å². The summed E-state index contributed by atoms with van der Waals surface area (Å²) in [5.74, 6) is -0.319. The molecule has 1 aliphatic heterocycles. The third kappa shape index (κ3) is 3.00. The molecule has 5 rings (SSSR count). The standard InChI is InChI=1S/C24H23ClN4O3/c1-3-28-13-12-17-16-6-4-5-7-18(16)26-20(17)21(28)19-22(30)27(2)24(32)29(23(19)31)15-10-8-14(25)9-11-15/h4-11,21,26,30H,3,12-13H2,1-2H3. The monoisotopic (exact) mass is 450 g/mol. The van der Waals surface area contributed by atoms with Gasteiger partial charge in [0, 0.05) is 35.2 Å². The highest BCUT2D eigenvalue weighted by molar-refractivity contribution is 6.30. The fourth-order valence-corrected chi connectivity index (χ4v) is 4.87. The van der Waals surface area contributed by atoms with E-state index in [4.69, 9.17) is 11.6 Å². The summed E-state index contributed by atoms with van der Waals surface area (Å²) in [6.07, 6.45) is 0.835. The number of rotatable bonds is 3. The molecule has 8 heteroatoms. The average molecular weight is 451 g/mol. The van der Waals surface area contributed by atoms with Crippen LogP contribution in [0, 0.1) is 0 Å². The number of likely N-dealkylation sites (N-methyl/N-ethyl adjacent to an activating group) is 1. The van der Waals surface area contributed by atoms with Crippen molar-refractivity contribution in [2.45, 2.75) is 19.4 Å². The molecule has 7 nitrogen and oxygen atoms in total. The van der Waals surface area contributed by atoms with Crippen LogP contribution < -0.4 is 11.2 Å². The maximum absolute atomic E-state index is 13.8. The summed E-state index contributed by atoms with van der Waals surface area (Å²) in [5, 5.41) is 12.6. The Bertz CT molecular complexity index is 1450. The van der Waals surface area contributed by atoms with Gasteiger partial charge in [-0.05, 0) is 48.9 Å². The van der Waals surface area contributed by atoms with Crippen molar-refractivity contribution in [2.75, 3.05) is 13.1 Å². The lowest BCUT2D eigenvalue weighted by Gasteiger charge is -2.35. The highest BCUT2D eigenvalue weighted by Gasteiger charge is 2.36. The molecule has 1 unspecified atom stereocenters. The van der Waals surface area contributed by atoms with Gasteiger partial charge in [-0.2, -0.15) is 0 Å². The zero-order valence-electron chi connectivity index (χ0n) is 17.8. The number of hydrogen-bond acceptors (Lipinski definition) is 4. The Labute approximate surface area is 189 Å². The number of hydrogen-bond donors (Lipinski definition) is 2. The number of aromatic hydroxyl groups is 1. The molecule has 0 aliphatic carbocycles. The first-order chi connectivity index (χ1) is 15.4. The molecule has 2 aromatic carbocycles. The molecule has 0 saturated heterocycles. The second-order valence-electron chi connectivity index (χ2n) is 8.04. The second-order valence-corrected chi connectivity index (χ2v) is 8.48. The number of nitrogens with zero attached hydrogens (tertiary/aromatic N) is 3. The van der Waals surface area contributed by atoms with E-state index in [2.05, 4.69) is 16.0 Å². The lowest BCUT2D eigenvalue weighted by molar-refractivity contribution is 0.214.